The molecule has 4 aromatic rings. The summed E-state index contributed by atoms with van der Waals surface area (Å²) in [5.41, 5.74) is 0.898. The lowest BCUT2D eigenvalue weighted by Crippen LogP contribution is -2.23. The quantitative estimate of drug-likeness (QED) is 0.263. The van der Waals surface area contributed by atoms with Gasteiger partial charge < -0.3 is 18.9 Å². The number of rotatable bonds is 8. The fraction of sp³-hybridized carbons (Fsp3) is 0.200. The lowest BCUT2D eigenvalue weighted by atomic mass is 10.2. The first-order chi connectivity index (χ1) is 16.5. The third-order valence-electron chi connectivity index (χ3n) is 5.23. The lowest BCUT2D eigenvalue weighted by molar-refractivity contribution is 0.326. The van der Waals surface area contributed by atoms with Crippen molar-refractivity contribution in [3.8, 4) is 28.7 Å². The zero-order chi connectivity index (χ0) is 24.2. The molecule has 34 heavy (non-hydrogen) atoms. The molecule has 3 aromatic carbocycles. The molecule has 0 bridgehead atoms. The second kappa shape index (κ2) is 10.0. The van der Waals surface area contributed by atoms with Crippen molar-refractivity contribution < 1.29 is 23.3 Å². The van der Waals surface area contributed by atoms with Gasteiger partial charge in [-0.1, -0.05) is 36.0 Å². The average Bonchev–Trinajstić information content (AvgIpc) is 2.87. The maximum absolute atomic E-state index is 14.8. The van der Waals surface area contributed by atoms with Crippen LogP contribution in [0.15, 0.2) is 64.5 Å². The molecule has 4 rings (SSSR count). The van der Waals surface area contributed by atoms with E-state index in [1.165, 1.54) is 55.9 Å². The molecule has 1 aromatic heterocycles. The Morgan fingerprint density at radius 1 is 0.912 bits per heavy atom. The number of thioether (sulfide) groups is 1. The van der Waals surface area contributed by atoms with Crippen molar-refractivity contribution in [2.75, 3.05) is 28.4 Å². The highest BCUT2D eigenvalue weighted by Crippen LogP contribution is 2.42. The highest BCUT2D eigenvalue weighted by Gasteiger charge is 2.23. The van der Waals surface area contributed by atoms with Crippen LogP contribution < -0.4 is 24.5 Å². The van der Waals surface area contributed by atoms with E-state index in [9.17, 15) is 9.18 Å². The number of halogens is 1. The summed E-state index contributed by atoms with van der Waals surface area (Å²) in [6, 6.07) is 15.2. The maximum atomic E-state index is 14.8. The molecule has 0 aliphatic rings. The Bertz CT molecular complexity index is 1410. The molecule has 0 spiro atoms. The van der Waals surface area contributed by atoms with Gasteiger partial charge in [0.2, 0.25) is 5.75 Å². The van der Waals surface area contributed by atoms with Crippen LogP contribution in [-0.4, -0.2) is 38.0 Å². The Morgan fingerprint density at radius 2 is 1.68 bits per heavy atom. The third kappa shape index (κ3) is 4.26. The molecule has 0 aliphatic heterocycles. The fourth-order valence-corrected chi connectivity index (χ4v) is 4.56. The number of benzene rings is 3. The molecule has 9 heteroatoms. The van der Waals surface area contributed by atoms with Gasteiger partial charge in [-0.05, 0) is 35.9 Å². The van der Waals surface area contributed by atoms with Gasteiger partial charge in [-0.2, -0.15) is 0 Å². The number of methoxy groups -OCH3 is 4. The number of fused-ring (bicyclic) bond motifs is 1. The van der Waals surface area contributed by atoms with E-state index in [0.717, 1.165) is 11.3 Å². The van der Waals surface area contributed by atoms with E-state index in [-0.39, 0.29) is 16.8 Å². The molecule has 0 unspecified atom stereocenters. The van der Waals surface area contributed by atoms with Crippen molar-refractivity contribution in [3.63, 3.8) is 0 Å². The zero-order valence-electron chi connectivity index (χ0n) is 19.1. The van der Waals surface area contributed by atoms with Crippen LogP contribution in [0.3, 0.4) is 0 Å². The van der Waals surface area contributed by atoms with Gasteiger partial charge in [-0.15, -0.1) is 0 Å². The summed E-state index contributed by atoms with van der Waals surface area (Å²) in [6.45, 7) is 0. The Hall–Kier alpha value is -3.72. The van der Waals surface area contributed by atoms with E-state index in [0.29, 0.717) is 27.9 Å². The molecule has 0 radical (unpaired) electrons. The molecule has 0 amide bonds. The van der Waals surface area contributed by atoms with Crippen molar-refractivity contribution in [1.82, 2.24) is 9.55 Å². The summed E-state index contributed by atoms with van der Waals surface area (Å²) in [7, 11) is 6.00. The molecule has 0 aliphatic carbocycles. The molecular weight excluding hydrogens is 459 g/mol. The van der Waals surface area contributed by atoms with Crippen molar-refractivity contribution in [2.24, 2.45) is 0 Å². The molecule has 0 N–H and O–H groups in total. The van der Waals surface area contributed by atoms with Crippen LogP contribution in [0.1, 0.15) is 5.56 Å². The Kier molecular flexibility index (Phi) is 6.93. The van der Waals surface area contributed by atoms with E-state index >= 15 is 0 Å². The minimum absolute atomic E-state index is 0.101. The van der Waals surface area contributed by atoms with Crippen LogP contribution in [0, 0.1) is 5.82 Å². The summed E-state index contributed by atoms with van der Waals surface area (Å²) in [4.78, 5) is 18.5. The van der Waals surface area contributed by atoms with Gasteiger partial charge in [0, 0.05) is 5.75 Å². The molecular formula is C25H23FN2O5S. The highest BCUT2D eigenvalue weighted by molar-refractivity contribution is 7.98. The minimum Gasteiger partial charge on any atom is -0.497 e. The Labute approximate surface area is 200 Å². The van der Waals surface area contributed by atoms with Gasteiger partial charge in [-0.25, -0.2) is 9.37 Å². The number of aromatic nitrogens is 2. The molecule has 176 valence electrons. The van der Waals surface area contributed by atoms with Crippen LogP contribution in [0.25, 0.3) is 16.6 Å². The highest BCUT2D eigenvalue weighted by atomic mass is 32.2. The third-order valence-corrected chi connectivity index (χ3v) is 6.24. The van der Waals surface area contributed by atoms with E-state index in [2.05, 4.69) is 0 Å². The van der Waals surface area contributed by atoms with Crippen LogP contribution >= 0.6 is 11.8 Å². The predicted octanol–water partition coefficient (Wildman–Crippen LogP) is 4.85. The average molecular weight is 483 g/mol. The standard InChI is InChI=1S/C25H23FN2O5S/c1-30-16-9-7-8-15(12-16)14-34-25-27-21-17(13-20(31-2)22(32-3)23(21)33-4)24(29)28(25)19-11-6-5-10-18(19)26/h5-13H,14H2,1-4H3. The van der Waals surface area contributed by atoms with Gasteiger partial charge in [0.25, 0.3) is 5.56 Å². The van der Waals surface area contributed by atoms with Gasteiger partial charge >= 0.3 is 0 Å². The summed E-state index contributed by atoms with van der Waals surface area (Å²) < 4.78 is 37.8. The van der Waals surface area contributed by atoms with Crippen molar-refractivity contribution in [1.29, 1.82) is 0 Å². The normalized spacial score (nSPS) is 10.9. The molecule has 1 heterocycles. The van der Waals surface area contributed by atoms with Gasteiger partial charge in [0.05, 0.1) is 39.5 Å². The number of hydrogen-bond donors (Lipinski definition) is 0. The van der Waals surface area contributed by atoms with Crippen LogP contribution in [0.5, 0.6) is 23.0 Å². The number of para-hydroxylation sites is 1. The summed E-state index contributed by atoms with van der Waals surface area (Å²) >= 11 is 1.30. The van der Waals surface area contributed by atoms with Crippen LogP contribution in [0.2, 0.25) is 0 Å². The number of ether oxygens (including phenoxy) is 4. The number of nitrogens with zero attached hydrogens (tertiary/aromatic N) is 2. The van der Waals surface area contributed by atoms with Crippen molar-refractivity contribution >= 4 is 22.7 Å². The predicted molar refractivity (Wildman–Crippen MR) is 130 cm³/mol. The van der Waals surface area contributed by atoms with Crippen molar-refractivity contribution in [3.05, 3.63) is 76.3 Å². The van der Waals surface area contributed by atoms with Crippen molar-refractivity contribution in [2.45, 2.75) is 10.9 Å². The molecule has 0 saturated heterocycles. The van der Waals surface area contributed by atoms with Crippen LogP contribution in [-0.2, 0) is 5.75 Å². The fourth-order valence-electron chi connectivity index (χ4n) is 3.62. The first-order valence-electron chi connectivity index (χ1n) is 10.3. The minimum atomic E-state index is -0.540. The van der Waals surface area contributed by atoms with Gasteiger partial charge in [0.15, 0.2) is 16.7 Å². The van der Waals surface area contributed by atoms with E-state index in [1.54, 1.807) is 19.2 Å². The topological polar surface area (TPSA) is 71.8 Å². The van der Waals surface area contributed by atoms with Crippen LogP contribution in [0.4, 0.5) is 4.39 Å². The second-order valence-corrected chi connectivity index (χ2v) is 8.11. The Balaban J connectivity index is 1.97. The second-order valence-electron chi connectivity index (χ2n) is 7.17. The molecule has 0 atom stereocenters. The summed E-state index contributed by atoms with van der Waals surface area (Å²) in [5, 5.41) is 0.513. The first-order valence-corrected chi connectivity index (χ1v) is 11.3. The van der Waals surface area contributed by atoms with E-state index < -0.39 is 11.4 Å². The largest absolute Gasteiger partial charge is 0.497 e. The first kappa shape index (κ1) is 23.4. The van der Waals surface area contributed by atoms with E-state index in [1.807, 2.05) is 24.3 Å². The SMILES string of the molecule is COc1cccc(CSc2nc3c(OC)c(OC)c(OC)cc3c(=O)n2-c2ccccc2F)c1. The smallest absolute Gasteiger partial charge is 0.267 e. The van der Waals surface area contributed by atoms with Gasteiger partial charge in [-0.3, -0.25) is 9.36 Å². The monoisotopic (exact) mass is 482 g/mol. The van der Waals surface area contributed by atoms with Gasteiger partial charge in [0.1, 0.15) is 17.1 Å². The number of hydrogen-bond acceptors (Lipinski definition) is 7. The maximum Gasteiger partial charge on any atom is 0.267 e. The molecule has 0 fully saturated rings. The molecule has 0 saturated carbocycles. The summed E-state index contributed by atoms with van der Waals surface area (Å²) in [5.74, 6) is 1.53. The summed E-state index contributed by atoms with van der Waals surface area (Å²) in [6.07, 6.45) is 0. The Morgan fingerprint density at radius 3 is 2.35 bits per heavy atom. The lowest BCUT2D eigenvalue weighted by Gasteiger charge is -2.18. The zero-order valence-corrected chi connectivity index (χ0v) is 19.9. The van der Waals surface area contributed by atoms with E-state index in [4.69, 9.17) is 23.9 Å². The molecule has 7 nitrogen and oxygen atoms in total.